The maximum atomic E-state index is 13.2. The summed E-state index contributed by atoms with van der Waals surface area (Å²) in [6.07, 6.45) is 1.66. The van der Waals surface area contributed by atoms with E-state index in [4.69, 9.17) is 4.74 Å². The largest absolute Gasteiger partial charge is 0.501 e. The predicted molar refractivity (Wildman–Crippen MR) is 116 cm³/mol. The van der Waals surface area contributed by atoms with Crippen LogP contribution in [0, 0.1) is 0 Å². The van der Waals surface area contributed by atoms with E-state index in [1.165, 1.54) is 14.0 Å². The van der Waals surface area contributed by atoms with E-state index in [0.717, 1.165) is 22.4 Å². The highest BCUT2D eigenvalue weighted by atomic mass is 32.2. The predicted octanol–water partition coefficient (Wildman–Crippen LogP) is 3.59. The number of sulfone groups is 1. The highest BCUT2D eigenvalue weighted by Gasteiger charge is 2.49. The molecule has 12 heteroatoms. The maximum Gasteiger partial charge on any atom is 0.501 e. The molecule has 8 nitrogen and oxygen atoms in total. The van der Waals surface area contributed by atoms with Crippen molar-refractivity contribution in [3.8, 4) is 5.75 Å². The van der Waals surface area contributed by atoms with Crippen molar-refractivity contribution < 1.29 is 35.9 Å². The average Bonchev–Trinajstić information content (AvgIpc) is 3.00. The van der Waals surface area contributed by atoms with Gasteiger partial charge in [0.2, 0.25) is 0 Å². The summed E-state index contributed by atoms with van der Waals surface area (Å²) >= 11 is 0. The van der Waals surface area contributed by atoms with Gasteiger partial charge in [0.25, 0.3) is 15.7 Å². The van der Waals surface area contributed by atoms with Crippen LogP contribution in [0.4, 0.5) is 23.7 Å². The van der Waals surface area contributed by atoms with E-state index in [9.17, 15) is 31.2 Å². The first-order valence-electron chi connectivity index (χ1n) is 9.88. The fourth-order valence-electron chi connectivity index (χ4n) is 3.85. The molecule has 4 rings (SSSR count). The second kappa shape index (κ2) is 7.97. The Morgan fingerprint density at radius 2 is 1.76 bits per heavy atom. The van der Waals surface area contributed by atoms with Gasteiger partial charge in [0, 0.05) is 18.0 Å². The van der Waals surface area contributed by atoms with Gasteiger partial charge >= 0.3 is 11.5 Å². The number of pyridine rings is 1. The monoisotopic (exact) mass is 493 g/mol. The number of carbonyl (C=O) groups excluding carboxylic acids is 2. The molecule has 2 heterocycles. The molecule has 0 saturated carbocycles. The van der Waals surface area contributed by atoms with Crippen molar-refractivity contribution in [1.82, 2.24) is 10.3 Å². The van der Waals surface area contributed by atoms with Crippen molar-refractivity contribution in [2.75, 3.05) is 12.0 Å². The number of hydrogen-bond donors (Lipinski definition) is 1. The first-order valence-corrected chi connectivity index (χ1v) is 11.4. The zero-order chi connectivity index (χ0) is 24.9. The van der Waals surface area contributed by atoms with Crippen LogP contribution in [-0.4, -0.2) is 43.5 Å². The van der Waals surface area contributed by atoms with Gasteiger partial charge < -0.3 is 10.1 Å². The summed E-state index contributed by atoms with van der Waals surface area (Å²) < 4.78 is 66.8. The highest BCUT2D eigenvalue weighted by Crippen LogP contribution is 2.34. The molecule has 3 aromatic rings. The number of hydrogen-bond acceptors (Lipinski definition) is 6. The first-order chi connectivity index (χ1) is 15.9. The van der Waals surface area contributed by atoms with Gasteiger partial charge in [-0.1, -0.05) is 12.1 Å². The molecule has 2 aromatic carbocycles. The maximum absolute atomic E-state index is 13.2. The molecule has 178 valence electrons. The summed E-state index contributed by atoms with van der Waals surface area (Å²) in [4.78, 5) is 30.0. The Hall–Kier alpha value is -3.67. The lowest BCUT2D eigenvalue weighted by Crippen LogP contribution is -2.46. The molecule has 0 spiro atoms. The van der Waals surface area contributed by atoms with Crippen molar-refractivity contribution in [2.24, 2.45) is 0 Å². The Morgan fingerprint density at radius 3 is 2.38 bits per heavy atom. The molecule has 1 aliphatic heterocycles. The number of para-hydroxylation sites is 1. The summed E-state index contributed by atoms with van der Waals surface area (Å²) in [6.45, 7) is 1.53. The second-order valence-corrected chi connectivity index (χ2v) is 9.79. The fourth-order valence-corrected chi connectivity index (χ4v) is 4.61. The number of aromatic nitrogens is 1. The van der Waals surface area contributed by atoms with Crippen molar-refractivity contribution in [2.45, 2.75) is 29.3 Å². The van der Waals surface area contributed by atoms with Gasteiger partial charge in [-0.2, -0.15) is 13.2 Å². The normalized spacial score (nSPS) is 18.9. The quantitative estimate of drug-likeness (QED) is 0.545. The molecule has 1 fully saturated rings. The number of imide groups is 1. The van der Waals surface area contributed by atoms with Crippen LogP contribution in [-0.2, 0) is 21.1 Å². The number of halogens is 3. The third-order valence-corrected chi connectivity index (χ3v) is 7.06. The van der Waals surface area contributed by atoms with E-state index in [1.807, 2.05) is 6.07 Å². The van der Waals surface area contributed by atoms with Gasteiger partial charge in [-0.25, -0.2) is 18.1 Å². The third-order valence-electron chi connectivity index (χ3n) is 5.56. The van der Waals surface area contributed by atoms with Crippen LogP contribution in [0.3, 0.4) is 0 Å². The number of methoxy groups -OCH3 is 1. The number of carbonyl (C=O) groups is 2. The van der Waals surface area contributed by atoms with Crippen molar-refractivity contribution >= 4 is 38.4 Å². The Bertz CT molecular complexity index is 1410. The van der Waals surface area contributed by atoms with E-state index < -0.39 is 37.7 Å². The van der Waals surface area contributed by atoms with Crippen molar-refractivity contribution in [1.29, 1.82) is 0 Å². The van der Waals surface area contributed by atoms with Gasteiger partial charge in [-0.3, -0.25) is 9.78 Å². The Labute approximate surface area is 192 Å². The minimum atomic E-state index is -5.55. The molecule has 0 radical (unpaired) electrons. The van der Waals surface area contributed by atoms with Crippen LogP contribution in [0.5, 0.6) is 5.75 Å². The standard InChI is InChI=1S/C22H18F3N3O5S/c1-21(12-13-10-11-26-18-16(13)4-3-5-17(18)33-2)19(29)28(20(30)27-21)14-6-8-15(9-7-14)34(31,32)22(23,24)25/h3-11H,12H2,1-2H3,(H,27,30). The summed E-state index contributed by atoms with van der Waals surface area (Å²) in [5, 5.41) is 3.35. The molecule has 3 amide bonds. The number of nitrogens with zero attached hydrogens (tertiary/aromatic N) is 2. The van der Waals surface area contributed by atoms with E-state index in [-0.39, 0.29) is 12.1 Å². The zero-order valence-electron chi connectivity index (χ0n) is 17.9. The number of fused-ring (bicyclic) bond motifs is 1. The van der Waals surface area contributed by atoms with E-state index in [2.05, 4.69) is 10.3 Å². The molecule has 34 heavy (non-hydrogen) atoms. The molecular formula is C22H18F3N3O5S. The number of urea groups is 1. The van der Waals surface area contributed by atoms with Gasteiger partial charge in [0.1, 0.15) is 16.8 Å². The first kappa shape index (κ1) is 23.5. The molecule has 1 atom stereocenters. The lowest BCUT2D eigenvalue weighted by molar-refractivity contribution is -0.121. The lowest BCUT2D eigenvalue weighted by Gasteiger charge is -2.22. The molecule has 0 bridgehead atoms. The van der Waals surface area contributed by atoms with Crippen LogP contribution in [0.15, 0.2) is 59.6 Å². The van der Waals surface area contributed by atoms with E-state index >= 15 is 0 Å². The van der Waals surface area contributed by atoms with Crippen LogP contribution in [0.2, 0.25) is 0 Å². The third kappa shape index (κ3) is 3.73. The minimum absolute atomic E-state index is 0.0615. The zero-order valence-corrected chi connectivity index (χ0v) is 18.7. The number of amides is 3. The summed E-state index contributed by atoms with van der Waals surface area (Å²) in [5.41, 5.74) is -5.60. The number of ether oxygens (including phenoxy) is 1. The SMILES string of the molecule is COc1cccc2c(CC3(C)NC(=O)N(c4ccc(S(=O)(=O)C(F)(F)F)cc4)C3=O)ccnc12. The summed E-state index contributed by atoms with van der Waals surface area (Å²) in [6, 6.07) is 9.63. The molecule has 1 aliphatic rings. The van der Waals surface area contributed by atoms with Gasteiger partial charge in [0.15, 0.2) is 0 Å². The van der Waals surface area contributed by atoms with E-state index in [0.29, 0.717) is 29.0 Å². The topological polar surface area (TPSA) is 106 Å². The van der Waals surface area contributed by atoms with Gasteiger partial charge in [-0.05, 0) is 48.9 Å². The van der Waals surface area contributed by atoms with Crippen LogP contribution < -0.4 is 15.0 Å². The summed E-state index contributed by atoms with van der Waals surface area (Å²) in [7, 11) is -4.05. The van der Waals surface area contributed by atoms with Crippen LogP contribution in [0.1, 0.15) is 12.5 Å². The van der Waals surface area contributed by atoms with Crippen molar-refractivity contribution in [3.63, 3.8) is 0 Å². The lowest BCUT2D eigenvalue weighted by atomic mass is 9.91. The average molecular weight is 493 g/mol. The number of benzene rings is 2. The van der Waals surface area contributed by atoms with Crippen molar-refractivity contribution in [3.05, 3.63) is 60.3 Å². The Balaban J connectivity index is 1.65. The highest BCUT2D eigenvalue weighted by molar-refractivity contribution is 7.92. The number of anilines is 1. The van der Waals surface area contributed by atoms with Gasteiger partial charge in [0.05, 0.1) is 17.7 Å². The molecule has 1 saturated heterocycles. The molecular weight excluding hydrogens is 475 g/mol. The Morgan fingerprint density at radius 1 is 1.09 bits per heavy atom. The van der Waals surface area contributed by atoms with Crippen LogP contribution in [0.25, 0.3) is 10.9 Å². The molecule has 1 aromatic heterocycles. The fraction of sp³-hybridized carbons (Fsp3) is 0.227. The molecule has 1 N–H and O–H groups in total. The Kier molecular flexibility index (Phi) is 5.51. The minimum Gasteiger partial charge on any atom is -0.494 e. The molecule has 0 aliphatic carbocycles. The smallest absolute Gasteiger partial charge is 0.494 e. The summed E-state index contributed by atoms with van der Waals surface area (Å²) in [5.74, 6) is -0.0985. The second-order valence-electron chi connectivity index (χ2n) is 7.85. The number of rotatable bonds is 5. The van der Waals surface area contributed by atoms with E-state index in [1.54, 1.807) is 24.4 Å². The van der Waals surface area contributed by atoms with Crippen LogP contribution >= 0.6 is 0 Å². The molecule has 1 unspecified atom stereocenters. The number of alkyl halides is 3. The number of nitrogens with one attached hydrogen (secondary N) is 1. The van der Waals surface area contributed by atoms with Gasteiger partial charge in [-0.15, -0.1) is 0 Å².